The summed E-state index contributed by atoms with van der Waals surface area (Å²) in [5.74, 6) is -1.98. The van der Waals surface area contributed by atoms with Gasteiger partial charge in [-0.1, -0.05) is 31.2 Å². The number of carbonyl (C=O) groups excluding carboxylic acids is 3. The largest absolute Gasteiger partial charge is 0.463 e. The standard InChI is InChI=1S/C20H22N2O5S/c1-4-14-6-8-15(9-7-14)16-12-28-20(21-16)22-19(25)13(3)27-18(24)11-10-17(23)26-5-2/h6-13H,4-5H2,1-3H3,(H,21,22,25)/b11-10+/t13-/m0/s1. The zero-order chi connectivity index (χ0) is 20.5. The summed E-state index contributed by atoms with van der Waals surface area (Å²) in [6.07, 6.45) is 1.79. The number of carbonyl (C=O) groups is 3. The van der Waals surface area contributed by atoms with Gasteiger partial charge < -0.3 is 9.47 Å². The molecule has 2 rings (SSSR count). The average Bonchev–Trinajstić information content (AvgIpc) is 3.15. The van der Waals surface area contributed by atoms with Crippen molar-refractivity contribution in [2.45, 2.75) is 33.3 Å². The lowest BCUT2D eigenvalue weighted by Gasteiger charge is -2.10. The van der Waals surface area contributed by atoms with Crippen LogP contribution in [-0.2, 0) is 30.3 Å². The van der Waals surface area contributed by atoms with Gasteiger partial charge in [0.1, 0.15) is 0 Å². The van der Waals surface area contributed by atoms with Crippen molar-refractivity contribution < 1.29 is 23.9 Å². The third kappa shape index (κ3) is 6.31. The lowest BCUT2D eigenvalue weighted by molar-refractivity contribution is -0.148. The number of esters is 2. The van der Waals surface area contributed by atoms with Crippen molar-refractivity contribution in [1.82, 2.24) is 4.98 Å². The summed E-state index contributed by atoms with van der Waals surface area (Å²) in [6, 6.07) is 8.05. The van der Waals surface area contributed by atoms with E-state index < -0.39 is 23.9 Å². The summed E-state index contributed by atoms with van der Waals surface area (Å²) in [7, 11) is 0. The van der Waals surface area contributed by atoms with E-state index in [1.807, 2.05) is 29.6 Å². The van der Waals surface area contributed by atoms with Crippen molar-refractivity contribution in [1.29, 1.82) is 0 Å². The molecule has 1 aromatic heterocycles. The van der Waals surface area contributed by atoms with Gasteiger partial charge in [-0.2, -0.15) is 0 Å². The molecule has 0 saturated carbocycles. The zero-order valence-electron chi connectivity index (χ0n) is 15.9. The van der Waals surface area contributed by atoms with Gasteiger partial charge in [-0.25, -0.2) is 14.6 Å². The first-order valence-corrected chi connectivity index (χ1v) is 9.72. The number of thiazole rings is 1. The van der Waals surface area contributed by atoms with Gasteiger partial charge in [0, 0.05) is 23.1 Å². The number of ether oxygens (including phenoxy) is 2. The summed E-state index contributed by atoms with van der Waals surface area (Å²) >= 11 is 1.28. The molecule has 148 valence electrons. The van der Waals surface area contributed by atoms with Crippen LogP contribution in [0.15, 0.2) is 41.8 Å². The van der Waals surface area contributed by atoms with Crippen molar-refractivity contribution in [3.63, 3.8) is 0 Å². The van der Waals surface area contributed by atoms with Crippen LogP contribution < -0.4 is 5.32 Å². The summed E-state index contributed by atoms with van der Waals surface area (Å²) in [4.78, 5) is 39.4. The third-order valence-corrected chi connectivity index (χ3v) is 4.45. The number of hydrogen-bond donors (Lipinski definition) is 1. The van der Waals surface area contributed by atoms with Gasteiger partial charge in [0.05, 0.1) is 12.3 Å². The van der Waals surface area contributed by atoms with Gasteiger partial charge >= 0.3 is 11.9 Å². The van der Waals surface area contributed by atoms with Crippen LogP contribution in [0.5, 0.6) is 0 Å². The number of aromatic nitrogens is 1. The van der Waals surface area contributed by atoms with Gasteiger partial charge in [-0.15, -0.1) is 11.3 Å². The van der Waals surface area contributed by atoms with Gasteiger partial charge in [0.25, 0.3) is 5.91 Å². The van der Waals surface area contributed by atoms with Crippen molar-refractivity contribution in [2.75, 3.05) is 11.9 Å². The lowest BCUT2D eigenvalue weighted by atomic mass is 10.1. The van der Waals surface area contributed by atoms with Crippen LogP contribution in [0.1, 0.15) is 26.3 Å². The predicted octanol–water partition coefficient (Wildman–Crippen LogP) is 3.36. The minimum atomic E-state index is -1.05. The molecule has 0 aliphatic carbocycles. The Morgan fingerprint density at radius 3 is 2.46 bits per heavy atom. The molecule has 28 heavy (non-hydrogen) atoms. The molecule has 2 aromatic rings. The maximum Gasteiger partial charge on any atom is 0.331 e. The number of nitrogens with zero attached hydrogens (tertiary/aromatic N) is 1. The van der Waals surface area contributed by atoms with E-state index in [1.54, 1.807) is 6.92 Å². The highest BCUT2D eigenvalue weighted by molar-refractivity contribution is 7.14. The summed E-state index contributed by atoms with van der Waals surface area (Å²) < 4.78 is 9.62. The van der Waals surface area contributed by atoms with Gasteiger partial charge in [0.15, 0.2) is 11.2 Å². The third-order valence-electron chi connectivity index (χ3n) is 3.70. The molecule has 7 nitrogen and oxygen atoms in total. The first-order chi connectivity index (χ1) is 13.4. The predicted molar refractivity (Wildman–Crippen MR) is 107 cm³/mol. The molecule has 1 amide bonds. The minimum Gasteiger partial charge on any atom is -0.463 e. The normalized spacial score (nSPS) is 11.8. The molecule has 8 heteroatoms. The molecule has 0 fully saturated rings. The molecule has 1 N–H and O–H groups in total. The molecule has 1 atom stereocenters. The van der Waals surface area contributed by atoms with E-state index in [-0.39, 0.29) is 6.61 Å². The zero-order valence-corrected chi connectivity index (χ0v) is 16.7. The van der Waals surface area contributed by atoms with Crippen LogP contribution in [-0.4, -0.2) is 35.5 Å². The number of aryl methyl sites for hydroxylation is 1. The molecular formula is C20H22N2O5S. The molecule has 0 spiro atoms. The quantitative estimate of drug-likeness (QED) is 0.537. The Morgan fingerprint density at radius 1 is 1.14 bits per heavy atom. The Morgan fingerprint density at radius 2 is 1.82 bits per heavy atom. The molecule has 1 aromatic carbocycles. The Balaban J connectivity index is 1.90. The van der Waals surface area contributed by atoms with E-state index in [0.29, 0.717) is 5.13 Å². The average molecular weight is 402 g/mol. The summed E-state index contributed by atoms with van der Waals surface area (Å²) in [5, 5.41) is 4.87. The lowest BCUT2D eigenvalue weighted by Crippen LogP contribution is -2.29. The Kier molecular flexibility index (Phi) is 7.88. The number of rotatable bonds is 8. The summed E-state index contributed by atoms with van der Waals surface area (Å²) in [6.45, 7) is 5.38. The van der Waals surface area contributed by atoms with Crippen molar-refractivity contribution in [2.24, 2.45) is 0 Å². The second kappa shape index (κ2) is 10.4. The fourth-order valence-corrected chi connectivity index (χ4v) is 2.90. The van der Waals surface area contributed by atoms with E-state index in [2.05, 4.69) is 22.0 Å². The van der Waals surface area contributed by atoms with Crippen molar-refractivity contribution in [3.05, 3.63) is 47.4 Å². The fourth-order valence-electron chi connectivity index (χ4n) is 2.18. The molecule has 0 aliphatic rings. The molecule has 0 unspecified atom stereocenters. The number of anilines is 1. The number of amides is 1. The highest BCUT2D eigenvalue weighted by atomic mass is 32.1. The number of hydrogen-bond acceptors (Lipinski definition) is 7. The van der Waals surface area contributed by atoms with Crippen LogP contribution in [0.4, 0.5) is 5.13 Å². The van der Waals surface area contributed by atoms with Crippen LogP contribution in [0.25, 0.3) is 11.3 Å². The second-order valence-electron chi connectivity index (χ2n) is 5.74. The molecule has 0 saturated heterocycles. The van der Waals surface area contributed by atoms with Crippen LogP contribution in [0, 0.1) is 0 Å². The first-order valence-electron chi connectivity index (χ1n) is 8.84. The van der Waals surface area contributed by atoms with E-state index in [4.69, 9.17) is 4.74 Å². The van der Waals surface area contributed by atoms with Crippen molar-refractivity contribution in [3.8, 4) is 11.3 Å². The fraction of sp³-hybridized carbons (Fsp3) is 0.300. The first kappa shape index (κ1) is 21.3. The minimum absolute atomic E-state index is 0.204. The molecule has 0 aliphatic heterocycles. The maximum atomic E-state index is 12.2. The number of nitrogens with one attached hydrogen (secondary N) is 1. The second-order valence-corrected chi connectivity index (χ2v) is 6.60. The van der Waals surface area contributed by atoms with E-state index in [0.717, 1.165) is 29.8 Å². The van der Waals surface area contributed by atoms with E-state index in [1.165, 1.54) is 23.8 Å². The van der Waals surface area contributed by atoms with Crippen molar-refractivity contribution >= 4 is 34.3 Å². The molecular weight excluding hydrogens is 380 g/mol. The maximum absolute atomic E-state index is 12.2. The van der Waals surface area contributed by atoms with Gasteiger partial charge in [-0.05, 0) is 25.8 Å². The molecule has 1 heterocycles. The highest BCUT2D eigenvalue weighted by Gasteiger charge is 2.18. The molecule has 0 bridgehead atoms. The van der Waals surface area contributed by atoms with E-state index >= 15 is 0 Å². The van der Waals surface area contributed by atoms with E-state index in [9.17, 15) is 14.4 Å². The van der Waals surface area contributed by atoms with Gasteiger partial charge in [0.2, 0.25) is 0 Å². The van der Waals surface area contributed by atoms with Gasteiger partial charge in [-0.3, -0.25) is 10.1 Å². The van der Waals surface area contributed by atoms with Crippen LogP contribution >= 0.6 is 11.3 Å². The van der Waals surface area contributed by atoms with Crippen LogP contribution in [0.2, 0.25) is 0 Å². The monoisotopic (exact) mass is 402 g/mol. The smallest absolute Gasteiger partial charge is 0.331 e. The Labute approximate surface area is 167 Å². The Hall–Kier alpha value is -3.00. The highest BCUT2D eigenvalue weighted by Crippen LogP contribution is 2.25. The van der Waals surface area contributed by atoms with Crippen LogP contribution in [0.3, 0.4) is 0 Å². The Bertz CT molecular complexity index is 858. The SMILES string of the molecule is CCOC(=O)/C=C/C(=O)O[C@@H](C)C(=O)Nc1nc(-c2ccc(CC)cc2)cs1. The summed E-state index contributed by atoms with van der Waals surface area (Å²) in [5.41, 5.74) is 2.95. The molecule has 0 radical (unpaired) electrons. The number of benzene rings is 1. The topological polar surface area (TPSA) is 94.6 Å².